The summed E-state index contributed by atoms with van der Waals surface area (Å²) in [5, 5.41) is 8.86. The van der Waals surface area contributed by atoms with Crippen molar-refractivity contribution in [2.45, 2.75) is 25.3 Å². The molecule has 0 spiro atoms. The predicted molar refractivity (Wildman–Crippen MR) is 83.6 cm³/mol. The van der Waals surface area contributed by atoms with E-state index in [9.17, 15) is 4.39 Å². The van der Waals surface area contributed by atoms with Gasteiger partial charge in [-0.3, -0.25) is 4.90 Å². The summed E-state index contributed by atoms with van der Waals surface area (Å²) in [5.74, 6) is 5.75. The minimum Gasteiger partial charge on any atom is -0.301 e. The standard InChI is InChI=1S/C18H20FN3/c19-17-11-15(10-16(12-17)13-20)4-3-7-22-9-8-21-6-2-1-5-18(22)14-21/h10-12,18H,1-2,5-9,14H2. The molecule has 114 valence electrons. The Morgan fingerprint density at radius 2 is 2.00 bits per heavy atom. The normalized spacial score (nSPS) is 24.7. The molecule has 0 aromatic heterocycles. The molecule has 3 rings (SSSR count). The summed E-state index contributed by atoms with van der Waals surface area (Å²) >= 11 is 0. The number of halogens is 1. The van der Waals surface area contributed by atoms with Gasteiger partial charge in [0.15, 0.2) is 0 Å². The van der Waals surface area contributed by atoms with Gasteiger partial charge in [0.1, 0.15) is 5.82 Å². The third-order valence-corrected chi connectivity index (χ3v) is 4.49. The highest BCUT2D eigenvalue weighted by molar-refractivity contribution is 5.42. The fraction of sp³-hybridized carbons (Fsp3) is 0.500. The lowest BCUT2D eigenvalue weighted by atomic mass is 10.1. The predicted octanol–water partition coefficient (Wildman–Crippen LogP) is 2.22. The molecule has 2 heterocycles. The molecule has 2 bridgehead atoms. The quantitative estimate of drug-likeness (QED) is 0.745. The molecule has 2 aliphatic heterocycles. The number of hydrogen-bond donors (Lipinski definition) is 0. The molecular weight excluding hydrogens is 277 g/mol. The topological polar surface area (TPSA) is 30.3 Å². The van der Waals surface area contributed by atoms with Crippen molar-refractivity contribution in [3.63, 3.8) is 0 Å². The van der Waals surface area contributed by atoms with Crippen LogP contribution in [-0.2, 0) is 0 Å². The summed E-state index contributed by atoms with van der Waals surface area (Å²) in [6.45, 7) is 5.29. The highest BCUT2D eigenvalue weighted by Gasteiger charge is 2.27. The van der Waals surface area contributed by atoms with Crippen LogP contribution in [0.4, 0.5) is 4.39 Å². The van der Waals surface area contributed by atoms with Crippen molar-refractivity contribution in [1.82, 2.24) is 9.80 Å². The van der Waals surface area contributed by atoms with Crippen molar-refractivity contribution in [1.29, 1.82) is 5.26 Å². The first-order chi connectivity index (χ1) is 10.7. The lowest BCUT2D eigenvalue weighted by Crippen LogP contribution is -2.51. The Kier molecular flexibility index (Phi) is 4.73. The molecule has 2 fully saturated rings. The maximum absolute atomic E-state index is 13.4. The molecule has 1 aromatic carbocycles. The summed E-state index contributed by atoms with van der Waals surface area (Å²) in [6.07, 6.45) is 3.84. The zero-order valence-corrected chi connectivity index (χ0v) is 12.7. The van der Waals surface area contributed by atoms with E-state index in [2.05, 4.69) is 21.6 Å². The van der Waals surface area contributed by atoms with Gasteiger partial charge in [0.25, 0.3) is 0 Å². The number of piperazine rings is 1. The molecule has 0 amide bonds. The Labute approximate surface area is 131 Å². The van der Waals surface area contributed by atoms with Gasteiger partial charge >= 0.3 is 0 Å². The molecule has 2 saturated heterocycles. The lowest BCUT2D eigenvalue weighted by molar-refractivity contribution is 0.0955. The van der Waals surface area contributed by atoms with Crippen molar-refractivity contribution >= 4 is 0 Å². The first-order valence-corrected chi connectivity index (χ1v) is 7.90. The van der Waals surface area contributed by atoms with Crippen LogP contribution in [0.3, 0.4) is 0 Å². The summed E-state index contributed by atoms with van der Waals surface area (Å²) < 4.78 is 13.4. The minimum atomic E-state index is -0.402. The van der Waals surface area contributed by atoms with E-state index in [1.54, 1.807) is 6.07 Å². The van der Waals surface area contributed by atoms with Gasteiger partial charge in [0.2, 0.25) is 0 Å². The van der Waals surface area contributed by atoms with Gasteiger partial charge in [-0.1, -0.05) is 18.3 Å². The van der Waals surface area contributed by atoms with Gasteiger partial charge in [-0.05, 0) is 37.6 Å². The molecule has 0 saturated carbocycles. The van der Waals surface area contributed by atoms with Crippen LogP contribution in [0.15, 0.2) is 18.2 Å². The molecule has 0 aliphatic carbocycles. The zero-order chi connectivity index (χ0) is 15.4. The Morgan fingerprint density at radius 3 is 2.86 bits per heavy atom. The molecule has 4 heteroatoms. The molecule has 1 aromatic rings. The average Bonchev–Trinajstić information content (AvgIpc) is 2.71. The van der Waals surface area contributed by atoms with E-state index >= 15 is 0 Å². The van der Waals surface area contributed by atoms with Gasteiger partial charge in [0.05, 0.1) is 18.2 Å². The Balaban J connectivity index is 1.65. The van der Waals surface area contributed by atoms with E-state index in [4.69, 9.17) is 5.26 Å². The largest absolute Gasteiger partial charge is 0.301 e. The minimum absolute atomic E-state index is 0.321. The average molecular weight is 297 g/mol. The third-order valence-electron chi connectivity index (χ3n) is 4.49. The maximum atomic E-state index is 13.4. The Bertz CT molecular complexity index is 638. The fourth-order valence-corrected chi connectivity index (χ4v) is 3.33. The summed E-state index contributed by atoms with van der Waals surface area (Å²) in [7, 11) is 0. The van der Waals surface area contributed by atoms with Gasteiger partial charge in [-0.15, -0.1) is 0 Å². The first kappa shape index (κ1) is 15.0. The number of hydrogen-bond acceptors (Lipinski definition) is 3. The summed E-state index contributed by atoms with van der Waals surface area (Å²) in [6, 6.07) is 6.82. The van der Waals surface area contributed by atoms with Crippen molar-refractivity contribution in [2.75, 3.05) is 32.7 Å². The summed E-state index contributed by atoms with van der Waals surface area (Å²) in [5.41, 5.74) is 0.901. The van der Waals surface area contributed by atoms with Crippen LogP contribution < -0.4 is 0 Å². The van der Waals surface area contributed by atoms with Crippen molar-refractivity contribution in [2.24, 2.45) is 0 Å². The van der Waals surface area contributed by atoms with Crippen LogP contribution in [0.5, 0.6) is 0 Å². The SMILES string of the molecule is N#Cc1cc(F)cc(C#CCN2CCN3CCCCC2C3)c1. The number of nitrogens with zero attached hydrogens (tertiary/aromatic N) is 3. The van der Waals surface area contributed by atoms with E-state index in [1.165, 1.54) is 37.9 Å². The Hall–Kier alpha value is -1.88. The fourth-order valence-electron chi connectivity index (χ4n) is 3.33. The molecular formula is C18H20FN3. The molecule has 0 N–H and O–H groups in total. The Morgan fingerprint density at radius 1 is 1.14 bits per heavy atom. The highest BCUT2D eigenvalue weighted by Crippen LogP contribution is 2.19. The van der Waals surface area contributed by atoms with Crippen molar-refractivity contribution in [3.05, 3.63) is 35.1 Å². The lowest BCUT2D eigenvalue weighted by Gasteiger charge is -2.38. The van der Waals surface area contributed by atoms with E-state index < -0.39 is 5.82 Å². The second-order valence-electron chi connectivity index (χ2n) is 6.06. The van der Waals surface area contributed by atoms with Crippen LogP contribution in [0.25, 0.3) is 0 Å². The molecule has 0 radical (unpaired) electrons. The molecule has 2 aliphatic rings. The van der Waals surface area contributed by atoms with Gasteiger partial charge in [0, 0.05) is 31.2 Å². The molecule has 2 atom stereocenters. The summed E-state index contributed by atoms with van der Waals surface area (Å²) in [4.78, 5) is 4.99. The highest BCUT2D eigenvalue weighted by atomic mass is 19.1. The van der Waals surface area contributed by atoms with Gasteiger partial charge < -0.3 is 4.90 Å². The van der Waals surface area contributed by atoms with Gasteiger partial charge in [-0.2, -0.15) is 5.26 Å². The smallest absolute Gasteiger partial charge is 0.125 e. The monoisotopic (exact) mass is 297 g/mol. The number of fused-ring (bicyclic) bond motifs is 2. The van der Waals surface area contributed by atoms with E-state index in [0.29, 0.717) is 17.2 Å². The van der Waals surface area contributed by atoms with Crippen LogP contribution >= 0.6 is 0 Å². The van der Waals surface area contributed by atoms with Gasteiger partial charge in [-0.25, -0.2) is 4.39 Å². The number of nitriles is 1. The van der Waals surface area contributed by atoms with Crippen molar-refractivity contribution < 1.29 is 4.39 Å². The van der Waals surface area contributed by atoms with E-state index in [-0.39, 0.29) is 0 Å². The first-order valence-electron chi connectivity index (χ1n) is 7.90. The van der Waals surface area contributed by atoms with E-state index in [1.807, 2.05) is 6.07 Å². The van der Waals surface area contributed by atoms with Crippen LogP contribution in [-0.4, -0.2) is 48.6 Å². The van der Waals surface area contributed by atoms with Crippen molar-refractivity contribution in [3.8, 4) is 17.9 Å². The second-order valence-corrected chi connectivity index (χ2v) is 6.06. The maximum Gasteiger partial charge on any atom is 0.125 e. The molecule has 3 nitrogen and oxygen atoms in total. The van der Waals surface area contributed by atoms with Crippen LogP contribution in [0, 0.1) is 29.0 Å². The molecule has 22 heavy (non-hydrogen) atoms. The van der Waals surface area contributed by atoms with Crippen LogP contribution in [0.2, 0.25) is 0 Å². The third kappa shape index (κ3) is 3.65. The number of benzene rings is 1. The number of rotatable bonds is 1. The van der Waals surface area contributed by atoms with Crippen LogP contribution in [0.1, 0.15) is 30.4 Å². The van der Waals surface area contributed by atoms with E-state index in [0.717, 1.165) is 26.2 Å². The molecule has 2 unspecified atom stereocenters. The second kappa shape index (κ2) is 6.92. The zero-order valence-electron chi connectivity index (χ0n) is 12.7.